The average Bonchev–Trinajstić information content (AvgIpc) is 2.12. The Balaban J connectivity index is 2.89. The molecule has 0 atom stereocenters. The van der Waals surface area contributed by atoms with E-state index < -0.39 is 0 Å². The van der Waals surface area contributed by atoms with E-state index in [0.717, 1.165) is 20.9 Å². The van der Waals surface area contributed by atoms with Crippen LogP contribution < -0.4 is 0 Å². The molecule has 0 amide bonds. The molecule has 1 N–H and O–H groups in total. The number of halogens is 1. The van der Waals surface area contributed by atoms with Gasteiger partial charge in [-0.25, -0.2) is 0 Å². The van der Waals surface area contributed by atoms with Gasteiger partial charge in [0, 0.05) is 9.86 Å². The summed E-state index contributed by atoms with van der Waals surface area (Å²) in [6, 6.07) is 5.64. The van der Waals surface area contributed by atoms with E-state index in [-0.39, 0.29) is 5.75 Å². The van der Waals surface area contributed by atoms with Crippen LogP contribution in [0.1, 0.15) is 5.56 Å². The number of hydrogen-bond acceptors (Lipinski definition) is 2. The fourth-order valence-corrected chi connectivity index (χ4v) is 1.71. The lowest BCUT2D eigenvalue weighted by Gasteiger charge is -2.03. The maximum atomic E-state index is 9.26. The first-order valence-corrected chi connectivity index (χ1v) is 4.71. The third-order valence-electron chi connectivity index (χ3n) is 1.98. The molecular weight excluding hydrogens is 230 g/mol. The number of hydrogen-bond donors (Lipinski definition) is 1. The quantitative estimate of drug-likeness (QED) is 0.765. The monoisotopic (exact) mass is 237 g/mol. The lowest BCUT2D eigenvalue weighted by molar-refractivity contribution is 0.474. The van der Waals surface area contributed by atoms with Crippen molar-refractivity contribution in [2.24, 2.45) is 0 Å². The van der Waals surface area contributed by atoms with Crippen molar-refractivity contribution in [1.82, 2.24) is 4.98 Å². The van der Waals surface area contributed by atoms with Gasteiger partial charge in [-0.3, -0.25) is 4.98 Å². The molecule has 3 heteroatoms. The molecule has 2 rings (SSSR count). The van der Waals surface area contributed by atoms with Crippen LogP contribution >= 0.6 is 15.9 Å². The van der Waals surface area contributed by atoms with E-state index >= 15 is 0 Å². The van der Waals surface area contributed by atoms with Gasteiger partial charge < -0.3 is 5.11 Å². The highest BCUT2D eigenvalue weighted by molar-refractivity contribution is 9.10. The van der Waals surface area contributed by atoms with Crippen molar-refractivity contribution < 1.29 is 5.11 Å². The fourth-order valence-electron chi connectivity index (χ4n) is 1.26. The number of fused-ring (bicyclic) bond motifs is 1. The molecule has 13 heavy (non-hydrogen) atoms. The number of rotatable bonds is 0. The van der Waals surface area contributed by atoms with E-state index in [2.05, 4.69) is 20.9 Å². The maximum Gasteiger partial charge on any atom is 0.134 e. The first-order valence-electron chi connectivity index (χ1n) is 3.92. The van der Waals surface area contributed by atoms with Crippen molar-refractivity contribution in [2.45, 2.75) is 6.92 Å². The van der Waals surface area contributed by atoms with Crippen molar-refractivity contribution in [3.8, 4) is 5.75 Å². The molecule has 1 heterocycles. The summed E-state index contributed by atoms with van der Waals surface area (Å²) in [6.45, 7) is 2.01. The first kappa shape index (κ1) is 8.51. The number of benzene rings is 1. The van der Waals surface area contributed by atoms with E-state index in [1.807, 2.05) is 19.1 Å². The fraction of sp³-hybridized carbons (Fsp3) is 0.100. The van der Waals surface area contributed by atoms with E-state index in [0.29, 0.717) is 0 Å². The van der Waals surface area contributed by atoms with E-state index in [9.17, 15) is 5.11 Å². The summed E-state index contributed by atoms with van der Waals surface area (Å²) in [5.41, 5.74) is 2.02. The molecule has 0 saturated carbocycles. The average molecular weight is 238 g/mol. The minimum Gasteiger partial charge on any atom is -0.506 e. The highest BCUT2D eigenvalue weighted by atomic mass is 79.9. The van der Waals surface area contributed by atoms with E-state index in [4.69, 9.17) is 0 Å². The van der Waals surface area contributed by atoms with Crippen molar-refractivity contribution in [2.75, 3.05) is 0 Å². The minimum absolute atomic E-state index is 0.193. The smallest absolute Gasteiger partial charge is 0.134 e. The van der Waals surface area contributed by atoms with Gasteiger partial charge in [0.05, 0.1) is 11.7 Å². The van der Waals surface area contributed by atoms with Gasteiger partial charge in [-0.15, -0.1) is 0 Å². The van der Waals surface area contributed by atoms with E-state index in [1.54, 1.807) is 6.07 Å². The Morgan fingerprint density at radius 3 is 2.92 bits per heavy atom. The number of nitrogens with zero attached hydrogens (tertiary/aromatic N) is 1. The second kappa shape index (κ2) is 3.00. The molecular formula is C10H8BrNO. The summed E-state index contributed by atoms with van der Waals surface area (Å²) >= 11 is 3.46. The molecule has 0 aliphatic heterocycles. The van der Waals surface area contributed by atoms with Gasteiger partial charge >= 0.3 is 0 Å². The Morgan fingerprint density at radius 1 is 1.38 bits per heavy atom. The van der Waals surface area contributed by atoms with Crippen LogP contribution in [0.15, 0.2) is 28.9 Å². The van der Waals surface area contributed by atoms with Crippen molar-refractivity contribution in [3.63, 3.8) is 0 Å². The SMILES string of the molecule is Cc1ccc2ncc(O)cc2c1Br. The molecule has 0 unspecified atom stereocenters. The zero-order valence-corrected chi connectivity index (χ0v) is 8.67. The van der Waals surface area contributed by atoms with Crippen LogP contribution in [0.25, 0.3) is 10.9 Å². The third kappa shape index (κ3) is 1.40. The third-order valence-corrected chi connectivity index (χ3v) is 3.03. The van der Waals surface area contributed by atoms with Gasteiger partial charge in [0.1, 0.15) is 5.75 Å². The topological polar surface area (TPSA) is 33.1 Å². The second-order valence-corrected chi connectivity index (χ2v) is 3.75. The lowest BCUT2D eigenvalue weighted by Crippen LogP contribution is -1.82. The standard InChI is InChI=1S/C10H8BrNO/c1-6-2-3-9-8(10(6)11)4-7(13)5-12-9/h2-5,13H,1H3. The number of aryl methyl sites for hydroxylation is 1. The Bertz CT molecular complexity index is 462. The van der Waals surface area contributed by atoms with Gasteiger partial charge in [0.25, 0.3) is 0 Å². The predicted octanol–water partition coefficient (Wildman–Crippen LogP) is 3.01. The molecule has 0 radical (unpaired) electrons. The molecule has 0 aliphatic carbocycles. The second-order valence-electron chi connectivity index (χ2n) is 2.96. The van der Waals surface area contributed by atoms with Crippen LogP contribution in [0, 0.1) is 6.92 Å². The van der Waals surface area contributed by atoms with E-state index in [1.165, 1.54) is 6.20 Å². The van der Waals surface area contributed by atoms with Gasteiger partial charge in [-0.2, -0.15) is 0 Å². The molecule has 0 bridgehead atoms. The number of aromatic nitrogens is 1. The van der Waals surface area contributed by atoms with Crippen LogP contribution in [0.2, 0.25) is 0 Å². The summed E-state index contributed by atoms with van der Waals surface area (Å²) < 4.78 is 0.994. The van der Waals surface area contributed by atoms with Gasteiger partial charge in [-0.1, -0.05) is 6.07 Å². The summed E-state index contributed by atoms with van der Waals surface area (Å²) in [6.07, 6.45) is 1.45. The lowest BCUT2D eigenvalue weighted by atomic mass is 10.1. The Morgan fingerprint density at radius 2 is 2.15 bits per heavy atom. The minimum atomic E-state index is 0.193. The maximum absolute atomic E-state index is 9.26. The molecule has 1 aromatic heterocycles. The summed E-state index contributed by atoms with van der Waals surface area (Å²) in [4.78, 5) is 4.10. The zero-order valence-electron chi connectivity index (χ0n) is 7.08. The highest BCUT2D eigenvalue weighted by Crippen LogP contribution is 2.28. The van der Waals surface area contributed by atoms with Crippen LogP contribution in [0.3, 0.4) is 0 Å². The Labute approximate surface area is 84.4 Å². The van der Waals surface area contributed by atoms with Gasteiger partial charge in [-0.05, 0) is 40.5 Å². The number of pyridine rings is 1. The predicted molar refractivity (Wildman–Crippen MR) is 55.8 cm³/mol. The molecule has 0 spiro atoms. The van der Waals surface area contributed by atoms with Crippen molar-refractivity contribution >= 4 is 26.8 Å². The van der Waals surface area contributed by atoms with Crippen LogP contribution in [-0.4, -0.2) is 10.1 Å². The summed E-state index contributed by atoms with van der Waals surface area (Å²) in [5, 5.41) is 10.2. The molecule has 66 valence electrons. The molecule has 2 nitrogen and oxygen atoms in total. The van der Waals surface area contributed by atoms with Crippen molar-refractivity contribution in [3.05, 3.63) is 34.4 Å². The highest BCUT2D eigenvalue weighted by Gasteiger charge is 2.02. The molecule has 0 aliphatic rings. The van der Waals surface area contributed by atoms with Crippen LogP contribution in [-0.2, 0) is 0 Å². The normalized spacial score (nSPS) is 10.6. The molecule has 0 saturated heterocycles. The Kier molecular flexibility index (Phi) is 1.96. The summed E-state index contributed by atoms with van der Waals surface area (Å²) in [5.74, 6) is 0.193. The largest absolute Gasteiger partial charge is 0.506 e. The molecule has 2 aromatic rings. The molecule has 1 aromatic carbocycles. The number of aromatic hydroxyl groups is 1. The molecule has 0 fully saturated rings. The first-order chi connectivity index (χ1) is 6.18. The van der Waals surface area contributed by atoms with Crippen molar-refractivity contribution in [1.29, 1.82) is 0 Å². The summed E-state index contributed by atoms with van der Waals surface area (Å²) in [7, 11) is 0. The van der Waals surface area contributed by atoms with Crippen LogP contribution in [0.4, 0.5) is 0 Å². The van der Waals surface area contributed by atoms with Gasteiger partial charge in [0.2, 0.25) is 0 Å². The zero-order chi connectivity index (χ0) is 9.42. The van der Waals surface area contributed by atoms with Gasteiger partial charge in [0.15, 0.2) is 0 Å². The van der Waals surface area contributed by atoms with Crippen LogP contribution in [0.5, 0.6) is 5.75 Å². The Hall–Kier alpha value is -1.09.